The smallest absolute Gasteiger partial charge is 0.252 e. The van der Waals surface area contributed by atoms with Gasteiger partial charge in [-0.25, -0.2) is 0 Å². The molecule has 162 valence electrons. The van der Waals surface area contributed by atoms with Gasteiger partial charge in [0.15, 0.2) is 0 Å². The second kappa shape index (κ2) is 8.16. The molecule has 1 fully saturated rings. The zero-order valence-electron chi connectivity index (χ0n) is 18.4. The quantitative estimate of drug-likeness (QED) is 0.761. The fourth-order valence-corrected chi connectivity index (χ4v) is 5.97. The number of nitrogens with two attached hydrogens (primary N) is 1. The van der Waals surface area contributed by atoms with Crippen molar-refractivity contribution in [2.45, 2.75) is 56.8 Å². The molecule has 1 spiro atoms. The summed E-state index contributed by atoms with van der Waals surface area (Å²) in [6, 6.07) is 8.90. The lowest BCUT2D eigenvalue weighted by Gasteiger charge is -2.46. The van der Waals surface area contributed by atoms with Gasteiger partial charge in [-0.2, -0.15) is 0 Å². The van der Waals surface area contributed by atoms with Gasteiger partial charge in [-0.3, -0.25) is 4.79 Å². The number of amides is 1. The van der Waals surface area contributed by atoms with Gasteiger partial charge in [0.05, 0.1) is 0 Å². The molecular formula is C27H33N3O. The van der Waals surface area contributed by atoms with Crippen LogP contribution >= 0.6 is 0 Å². The van der Waals surface area contributed by atoms with Gasteiger partial charge in [0.2, 0.25) is 0 Å². The van der Waals surface area contributed by atoms with E-state index in [1.54, 1.807) is 0 Å². The van der Waals surface area contributed by atoms with E-state index in [0.29, 0.717) is 6.54 Å². The van der Waals surface area contributed by atoms with Gasteiger partial charge >= 0.3 is 0 Å². The molecule has 1 saturated heterocycles. The third-order valence-electron chi connectivity index (χ3n) is 7.74. The van der Waals surface area contributed by atoms with Crippen molar-refractivity contribution in [3.05, 3.63) is 76.7 Å². The molecular weight excluding hydrogens is 382 g/mol. The first-order valence-electron chi connectivity index (χ1n) is 11.8. The van der Waals surface area contributed by atoms with Crippen LogP contribution < -0.4 is 11.1 Å². The summed E-state index contributed by atoms with van der Waals surface area (Å²) in [6.07, 6.45) is 12.8. The summed E-state index contributed by atoms with van der Waals surface area (Å²) in [6.45, 7) is 6.88. The Hall–Kier alpha value is -2.59. The van der Waals surface area contributed by atoms with Crippen LogP contribution in [0.2, 0.25) is 0 Å². The number of likely N-dealkylation sites (tertiary alicyclic amines) is 1. The minimum Gasteiger partial charge on any atom is -0.358 e. The molecule has 31 heavy (non-hydrogen) atoms. The Bertz CT molecular complexity index is 1010. The number of carbonyl (C=O) groups is 1. The normalized spacial score (nSPS) is 22.9. The number of piperidine rings is 1. The number of hydrogen-bond acceptors (Lipinski definition) is 3. The maximum atomic E-state index is 12.9. The summed E-state index contributed by atoms with van der Waals surface area (Å²) < 4.78 is 0. The number of nitrogens with one attached hydrogen (secondary N) is 1. The van der Waals surface area contributed by atoms with Gasteiger partial charge in [-0.1, -0.05) is 36.9 Å². The Balaban J connectivity index is 1.36. The molecule has 5 rings (SSSR count). The maximum absolute atomic E-state index is 12.9. The second-order valence-electron chi connectivity index (χ2n) is 9.46. The van der Waals surface area contributed by atoms with Crippen molar-refractivity contribution in [1.29, 1.82) is 0 Å². The van der Waals surface area contributed by atoms with Gasteiger partial charge in [0.1, 0.15) is 5.82 Å². The molecule has 3 N–H and O–H groups in total. The number of fused-ring (bicyclic) bond motifs is 2. The molecule has 0 bridgehead atoms. The molecule has 0 aromatic heterocycles. The lowest BCUT2D eigenvalue weighted by Crippen LogP contribution is -2.46. The number of hydrogen-bond donors (Lipinski definition) is 2. The molecule has 2 aliphatic heterocycles. The predicted molar refractivity (Wildman–Crippen MR) is 126 cm³/mol. The Morgan fingerprint density at radius 3 is 2.61 bits per heavy atom. The number of nitrogens with zero attached hydrogens (tertiary/aromatic N) is 1. The first-order valence-corrected chi connectivity index (χ1v) is 11.8. The average molecular weight is 416 g/mol. The van der Waals surface area contributed by atoms with Crippen LogP contribution in [0.15, 0.2) is 65.5 Å². The minimum atomic E-state index is 0.0808. The third-order valence-corrected chi connectivity index (χ3v) is 7.74. The van der Waals surface area contributed by atoms with Crippen LogP contribution in [0.1, 0.15) is 62.5 Å². The van der Waals surface area contributed by atoms with Gasteiger partial charge < -0.3 is 16.0 Å². The van der Waals surface area contributed by atoms with E-state index in [9.17, 15) is 4.79 Å². The lowest BCUT2D eigenvalue weighted by atomic mass is 9.65. The van der Waals surface area contributed by atoms with Crippen molar-refractivity contribution in [2.75, 3.05) is 19.6 Å². The predicted octanol–water partition coefficient (Wildman–Crippen LogP) is 4.55. The molecule has 1 aromatic carbocycles. The summed E-state index contributed by atoms with van der Waals surface area (Å²) in [7, 11) is 0. The van der Waals surface area contributed by atoms with E-state index in [2.05, 4.69) is 53.2 Å². The van der Waals surface area contributed by atoms with Crippen LogP contribution in [0.5, 0.6) is 0 Å². The lowest BCUT2D eigenvalue weighted by molar-refractivity contribution is -0.117. The van der Waals surface area contributed by atoms with E-state index >= 15 is 0 Å². The van der Waals surface area contributed by atoms with Crippen LogP contribution in [0.4, 0.5) is 0 Å². The molecule has 2 aliphatic carbocycles. The fraction of sp³-hybridized carbons (Fsp3) is 0.444. The first kappa shape index (κ1) is 20.3. The Kier molecular flexibility index (Phi) is 5.35. The highest BCUT2D eigenvalue weighted by Gasteiger charge is 2.40. The van der Waals surface area contributed by atoms with Crippen molar-refractivity contribution < 1.29 is 4.79 Å². The molecule has 4 aliphatic rings. The SMILES string of the molecule is C=C1C=C(N2CCC3(CC=C(CCN)c4ccccc43)CC2)NC(=O)C2=C1CCCC2. The van der Waals surface area contributed by atoms with Crippen LogP contribution in [-0.4, -0.2) is 30.4 Å². The fourth-order valence-electron chi connectivity index (χ4n) is 5.97. The summed E-state index contributed by atoms with van der Waals surface area (Å²) in [5, 5.41) is 3.22. The summed E-state index contributed by atoms with van der Waals surface area (Å²) in [4.78, 5) is 15.3. The molecule has 0 radical (unpaired) electrons. The molecule has 0 unspecified atom stereocenters. The molecule has 0 atom stereocenters. The highest BCUT2D eigenvalue weighted by Crippen LogP contribution is 2.47. The van der Waals surface area contributed by atoms with E-state index in [1.165, 1.54) is 22.3 Å². The van der Waals surface area contributed by atoms with Crippen molar-refractivity contribution >= 4 is 11.5 Å². The molecule has 2 heterocycles. The maximum Gasteiger partial charge on any atom is 0.252 e. The van der Waals surface area contributed by atoms with Gasteiger partial charge in [-0.05, 0) is 91.8 Å². The molecule has 1 amide bonds. The van der Waals surface area contributed by atoms with E-state index in [1.807, 2.05) is 0 Å². The van der Waals surface area contributed by atoms with Crippen molar-refractivity contribution in [2.24, 2.45) is 5.73 Å². The summed E-state index contributed by atoms with van der Waals surface area (Å²) in [5.74, 6) is 1.01. The summed E-state index contributed by atoms with van der Waals surface area (Å²) in [5.41, 5.74) is 13.5. The Morgan fingerprint density at radius 1 is 1.10 bits per heavy atom. The number of benzene rings is 1. The van der Waals surface area contributed by atoms with Crippen LogP contribution in [-0.2, 0) is 10.2 Å². The number of allylic oxidation sites excluding steroid dienone is 4. The molecule has 1 aromatic rings. The highest BCUT2D eigenvalue weighted by molar-refractivity contribution is 5.97. The zero-order chi connectivity index (χ0) is 21.4. The van der Waals surface area contributed by atoms with Crippen molar-refractivity contribution in [1.82, 2.24) is 10.2 Å². The standard InChI is InChI=1S/C27H33N3O/c1-19-18-25(29-26(31)23-8-3-2-6-21(19)23)30-16-13-27(14-17-30)12-10-20(11-15-28)22-7-4-5-9-24(22)27/h4-5,7,9-10,18H,1-3,6,8,11-17,28H2,(H,29,31). The monoisotopic (exact) mass is 415 g/mol. The summed E-state index contributed by atoms with van der Waals surface area (Å²) >= 11 is 0. The van der Waals surface area contributed by atoms with Gasteiger partial charge in [0, 0.05) is 24.1 Å². The Morgan fingerprint density at radius 2 is 1.84 bits per heavy atom. The van der Waals surface area contributed by atoms with Crippen molar-refractivity contribution in [3.63, 3.8) is 0 Å². The first-order chi connectivity index (χ1) is 15.1. The van der Waals surface area contributed by atoms with E-state index < -0.39 is 0 Å². The third kappa shape index (κ3) is 3.57. The Labute approximate surface area is 185 Å². The highest BCUT2D eigenvalue weighted by atomic mass is 16.1. The van der Waals surface area contributed by atoms with Crippen LogP contribution in [0.3, 0.4) is 0 Å². The van der Waals surface area contributed by atoms with Crippen LogP contribution in [0, 0.1) is 0 Å². The molecule has 0 saturated carbocycles. The zero-order valence-corrected chi connectivity index (χ0v) is 18.4. The minimum absolute atomic E-state index is 0.0808. The average Bonchev–Trinajstić information content (AvgIpc) is 2.93. The number of carbonyl (C=O) groups excluding carboxylic acids is 1. The largest absolute Gasteiger partial charge is 0.358 e. The van der Waals surface area contributed by atoms with E-state index in [0.717, 1.165) is 81.4 Å². The second-order valence-corrected chi connectivity index (χ2v) is 9.46. The van der Waals surface area contributed by atoms with Gasteiger partial charge in [-0.15, -0.1) is 0 Å². The number of rotatable bonds is 3. The van der Waals surface area contributed by atoms with Crippen LogP contribution in [0.25, 0.3) is 5.57 Å². The molecule has 4 nitrogen and oxygen atoms in total. The van der Waals surface area contributed by atoms with E-state index in [4.69, 9.17) is 5.73 Å². The van der Waals surface area contributed by atoms with E-state index in [-0.39, 0.29) is 11.3 Å². The van der Waals surface area contributed by atoms with Gasteiger partial charge in [0.25, 0.3) is 5.91 Å². The topological polar surface area (TPSA) is 58.4 Å². The molecule has 4 heteroatoms. The van der Waals surface area contributed by atoms with Crippen molar-refractivity contribution in [3.8, 4) is 0 Å².